The van der Waals surface area contributed by atoms with Crippen molar-refractivity contribution in [2.24, 2.45) is 11.8 Å². The Balaban J connectivity index is 1.51. The molecule has 0 bridgehead atoms. The molecule has 11 nitrogen and oxygen atoms in total. The van der Waals surface area contributed by atoms with Crippen molar-refractivity contribution < 1.29 is 38.2 Å². The molecule has 0 fully saturated rings. The topological polar surface area (TPSA) is 149 Å². The number of benzene rings is 3. The first-order chi connectivity index (χ1) is 22.0. The maximum Gasteiger partial charge on any atom is 0.408 e. The van der Waals surface area contributed by atoms with Crippen molar-refractivity contribution in [1.29, 1.82) is 0 Å². The van der Waals surface area contributed by atoms with E-state index in [1.165, 1.54) is 0 Å². The van der Waals surface area contributed by atoms with Gasteiger partial charge in [-0.1, -0.05) is 100 Å². The summed E-state index contributed by atoms with van der Waals surface area (Å²) < 4.78 is 16.0. The third-order valence-electron chi connectivity index (χ3n) is 6.93. The summed E-state index contributed by atoms with van der Waals surface area (Å²) in [6.45, 7) is 7.19. The highest BCUT2D eigenvalue weighted by atomic mass is 16.6. The lowest BCUT2D eigenvalue weighted by molar-refractivity contribution is -0.137. The van der Waals surface area contributed by atoms with E-state index in [9.17, 15) is 24.0 Å². The number of alkyl carbamates (subject to hydrolysis) is 2. The molecule has 3 rings (SSSR count). The number of amides is 3. The predicted octanol–water partition coefficient (Wildman–Crippen LogP) is 4.72. The number of esters is 1. The van der Waals surface area contributed by atoms with Crippen LogP contribution in [0.4, 0.5) is 9.59 Å². The average molecular weight is 632 g/mol. The van der Waals surface area contributed by atoms with Gasteiger partial charge < -0.3 is 35.0 Å². The van der Waals surface area contributed by atoms with Gasteiger partial charge in [-0.2, -0.15) is 0 Å². The van der Waals surface area contributed by atoms with Crippen molar-refractivity contribution >= 4 is 30.3 Å². The van der Waals surface area contributed by atoms with Crippen LogP contribution in [0.25, 0.3) is 0 Å². The van der Waals surface area contributed by atoms with Gasteiger partial charge in [0.25, 0.3) is 0 Å². The monoisotopic (exact) mass is 631 g/mol. The van der Waals surface area contributed by atoms with Crippen LogP contribution in [0.3, 0.4) is 0 Å². The zero-order valence-electron chi connectivity index (χ0n) is 26.4. The zero-order valence-corrected chi connectivity index (χ0v) is 26.4. The van der Waals surface area contributed by atoms with E-state index in [-0.39, 0.29) is 37.2 Å². The molecule has 3 N–H and O–H groups in total. The first-order valence-corrected chi connectivity index (χ1v) is 15.1. The van der Waals surface area contributed by atoms with Gasteiger partial charge in [-0.25, -0.2) is 14.4 Å². The highest BCUT2D eigenvalue weighted by Gasteiger charge is 2.28. The second kappa shape index (κ2) is 17.9. The molecule has 0 saturated heterocycles. The fourth-order valence-corrected chi connectivity index (χ4v) is 4.35. The molecule has 11 heteroatoms. The van der Waals surface area contributed by atoms with Gasteiger partial charge >= 0.3 is 18.2 Å². The van der Waals surface area contributed by atoms with Crippen LogP contribution in [0, 0.1) is 11.8 Å². The minimum Gasteiger partial charge on any atom is -0.445 e. The van der Waals surface area contributed by atoms with Gasteiger partial charge in [-0.3, -0.25) is 4.79 Å². The molecule has 0 aromatic heterocycles. The van der Waals surface area contributed by atoms with E-state index in [1.54, 1.807) is 52.0 Å². The van der Waals surface area contributed by atoms with Crippen molar-refractivity contribution in [2.75, 3.05) is 0 Å². The molecule has 0 radical (unpaired) electrons. The van der Waals surface area contributed by atoms with Crippen molar-refractivity contribution in [3.05, 3.63) is 102 Å². The SMILES string of the molecule is CC(C)C(NC(=O)OCc1ccccc1)C(=O)Oc1ccc(C[C@@H](C=O)NC(=O)[C@@H](NC(=O)OCc2ccccc2)C(C)C)cc1. The maximum atomic E-state index is 13.0. The minimum atomic E-state index is -0.948. The highest BCUT2D eigenvalue weighted by Crippen LogP contribution is 2.16. The van der Waals surface area contributed by atoms with Crippen LogP contribution in [-0.2, 0) is 43.5 Å². The number of carbonyl (C=O) groups excluding carboxylic acids is 5. The number of carbonyl (C=O) groups is 5. The third-order valence-corrected chi connectivity index (χ3v) is 6.93. The number of nitrogens with one attached hydrogen (secondary N) is 3. The van der Waals surface area contributed by atoms with Crippen molar-refractivity contribution in [2.45, 2.75) is 65.5 Å². The standard InChI is InChI=1S/C35H41N3O8/c1-23(2)30(37-34(42)44-21-26-11-7-5-8-12-26)32(40)36-28(20-39)19-25-15-17-29(18-16-25)46-33(41)31(24(3)4)38-35(43)45-22-27-13-9-6-10-14-27/h5-18,20,23-24,28,30-31H,19,21-22H2,1-4H3,(H,36,40)(H,37,42)(H,38,43)/t28-,30-,31?/m0/s1. The fourth-order valence-electron chi connectivity index (χ4n) is 4.35. The Labute approximate surface area is 269 Å². The lowest BCUT2D eigenvalue weighted by Crippen LogP contribution is -2.52. The van der Waals surface area contributed by atoms with Gasteiger partial charge in [0.15, 0.2) is 0 Å². The van der Waals surface area contributed by atoms with Crippen molar-refractivity contribution in [3.63, 3.8) is 0 Å². The van der Waals surface area contributed by atoms with E-state index in [1.807, 2.05) is 60.7 Å². The molecule has 0 aliphatic heterocycles. The molecule has 1 unspecified atom stereocenters. The van der Waals surface area contributed by atoms with Gasteiger partial charge in [-0.15, -0.1) is 0 Å². The molecule has 46 heavy (non-hydrogen) atoms. The molecule has 0 spiro atoms. The Morgan fingerprint density at radius 3 is 1.57 bits per heavy atom. The van der Waals surface area contributed by atoms with Gasteiger partial charge in [-0.05, 0) is 47.1 Å². The largest absolute Gasteiger partial charge is 0.445 e. The van der Waals surface area contributed by atoms with Crippen LogP contribution >= 0.6 is 0 Å². The Morgan fingerprint density at radius 1 is 0.630 bits per heavy atom. The predicted molar refractivity (Wildman–Crippen MR) is 171 cm³/mol. The summed E-state index contributed by atoms with van der Waals surface area (Å²) >= 11 is 0. The van der Waals surface area contributed by atoms with Crippen molar-refractivity contribution in [3.8, 4) is 5.75 Å². The second-order valence-corrected chi connectivity index (χ2v) is 11.4. The lowest BCUT2D eigenvalue weighted by atomic mass is 10.0. The summed E-state index contributed by atoms with van der Waals surface area (Å²) in [5.74, 6) is -1.50. The molecular formula is C35H41N3O8. The van der Waals surface area contributed by atoms with Crippen LogP contribution in [-0.4, -0.2) is 48.5 Å². The van der Waals surface area contributed by atoms with Gasteiger partial charge in [0, 0.05) is 0 Å². The Morgan fingerprint density at radius 2 is 1.11 bits per heavy atom. The highest BCUT2D eigenvalue weighted by molar-refractivity contribution is 5.88. The van der Waals surface area contributed by atoms with Gasteiger partial charge in [0.2, 0.25) is 5.91 Å². The first-order valence-electron chi connectivity index (χ1n) is 15.1. The van der Waals surface area contributed by atoms with E-state index in [4.69, 9.17) is 14.2 Å². The lowest BCUT2D eigenvalue weighted by Gasteiger charge is -2.23. The number of ether oxygens (including phenoxy) is 3. The molecule has 3 aromatic rings. The summed E-state index contributed by atoms with van der Waals surface area (Å²) in [7, 11) is 0. The van der Waals surface area contributed by atoms with Gasteiger partial charge in [0.1, 0.15) is 37.3 Å². The molecule has 0 saturated carbocycles. The molecule has 3 atom stereocenters. The molecule has 3 amide bonds. The number of hydrogen-bond donors (Lipinski definition) is 3. The molecule has 0 heterocycles. The summed E-state index contributed by atoms with van der Waals surface area (Å²) in [4.78, 5) is 62.4. The average Bonchev–Trinajstić information content (AvgIpc) is 3.05. The first kappa shape index (κ1) is 35.3. The van der Waals surface area contributed by atoms with Crippen molar-refractivity contribution in [1.82, 2.24) is 16.0 Å². The van der Waals surface area contributed by atoms with Crippen LogP contribution in [0.5, 0.6) is 5.75 Å². The maximum absolute atomic E-state index is 13.0. The van der Waals surface area contributed by atoms with E-state index < -0.39 is 42.2 Å². The Hall–Kier alpha value is -5.19. The van der Waals surface area contributed by atoms with E-state index >= 15 is 0 Å². The normalized spacial score (nSPS) is 12.7. The second-order valence-electron chi connectivity index (χ2n) is 11.4. The Kier molecular flexibility index (Phi) is 13.8. The van der Waals surface area contributed by atoms with Crippen LogP contribution < -0.4 is 20.7 Å². The van der Waals surface area contributed by atoms with Crippen LogP contribution in [0.1, 0.15) is 44.4 Å². The molecule has 0 aliphatic rings. The van der Waals surface area contributed by atoms with Crippen LogP contribution in [0.15, 0.2) is 84.9 Å². The summed E-state index contributed by atoms with van der Waals surface area (Å²) in [6.07, 6.45) is -0.705. The molecule has 3 aromatic carbocycles. The quantitative estimate of drug-likeness (QED) is 0.124. The number of hydrogen-bond acceptors (Lipinski definition) is 8. The van der Waals surface area contributed by atoms with Crippen LogP contribution in [0.2, 0.25) is 0 Å². The van der Waals surface area contributed by atoms with E-state index in [0.29, 0.717) is 11.8 Å². The smallest absolute Gasteiger partial charge is 0.408 e. The Bertz CT molecular complexity index is 1430. The van der Waals surface area contributed by atoms with E-state index in [2.05, 4.69) is 16.0 Å². The summed E-state index contributed by atoms with van der Waals surface area (Å²) in [6, 6.07) is 22.0. The molecule has 244 valence electrons. The molecule has 0 aliphatic carbocycles. The fraction of sp³-hybridized carbons (Fsp3) is 0.343. The zero-order chi connectivity index (χ0) is 33.5. The van der Waals surface area contributed by atoms with E-state index in [0.717, 1.165) is 11.1 Å². The summed E-state index contributed by atoms with van der Waals surface area (Å²) in [5, 5.41) is 7.82. The number of aldehydes is 1. The third kappa shape index (κ3) is 11.7. The molecular weight excluding hydrogens is 590 g/mol. The van der Waals surface area contributed by atoms with Gasteiger partial charge in [0.05, 0.1) is 6.04 Å². The minimum absolute atomic E-state index is 0.0529. The summed E-state index contributed by atoms with van der Waals surface area (Å²) in [5.41, 5.74) is 2.31. The number of rotatable bonds is 15.